The summed E-state index contributed by atoms with van der Waals surface area (Å²) in [6.45, 7) is 0.366. The van der Waals surface area contributed by atoms with E-state index in [2.05, 4.69) is 27.6 Å². The molecule has 0 saturated heterocycles. The second kappa shape index (κ2) is 8.89. The first-order valence-electron chi connectivity index (χ1n) is 8.55. The summed E-state index contributed by atoms with van der Waals surface area (Å²) in [5, 5.41) is 10.8. The normalized spacial score (nSPS) is 10.7. The van der Waals surface area contributed by atoms with E-state index in [0.717, 1.165) is 12.0 Å². The molecule has 1 aromatic heterocycles. The van der Waals surface area contributed by atoms with E-state index >= 15 is 0 Å². The average molecular weight is 353 g/mol. The molecule has 1 amide bonds. The van der Waals surface area contributed by atoms with Crippen molar-refractivity contribution in [1.82, 2.24) is 15.5 Å². The Labute approximate surface area is 151 Å². The molecule has 134 valence electrons. The zero-order chi connectivity index (χ0) is 18.2. The third-order valence-corrected chi connectivity index (χ3v) is 3.95. The average Bonchev–Trinajstić information content (AvgIpc) is 3.13. The maximum absolute atomic E-state index is 12.8. The van der Waals surface area contributed by atoms with Crippen molar-refractivity contribution in [3.8, 4) is 0 Å². The number of benzene rings is 2. The minimum Gasteiger partial charge on any atom is -0.425 e. The molecule has 0 radical (unpaired) electrons. The molecule has 1 N–H and O–H groups in total. The molecule has 0 spiro atoms. The van der Waals surface area contributed by atoms with Crippen LogP contribution < -0.4 is 5.32 Å². The largest absolute Gasteiger partial charge is 0.425 e. The Bertz CT molecular complexity index is 832. The molecule has 0 bridgehead atoms. The number of aryl methyl sites for hydroxylation is 3. The van der Waals surface area contributed by atoms with Crippen LogP contribution in [0, 0.1) is 5.82 Å². The second-order valence-corrected chi connectivity index (χ2v) is 5.98. The van der Waals surface area contributed by atoms with Gasteiger partial charge in [0.15, 0.2) is 0 Å². The van der Waals surface area contributed by atoms with E-state index in [-0.39, 0.29) is 18.1 Å². The van der Waals surface area contributed by atoms with E-state index in [1.807, 2.05) is 18.2 Å². The smallest absolute Gasteiger partial charge is 0.220 e. The highest BCUT2D eigenvalue weighted by molar-refractivity contribution is 5.75. The van der Waals surface area contributed by atoms with Gasteiger partial charge in [-0.05, 0) is 29.7 Å². The summed E-state index contributed by atoms with van der Waals surface area (Å²) in [5.74, 6) is 0.637. The molecule has 0 atom stereocenters. The lowest BCUT2D eigenvalue weighted by Gasteiger charge is -2.04. The van der Waals surface area contributed by atoms with Crippen LogP contribution in [0.25, 0.3) is 0 Å². The summed E-state index contributed by atoms with van der Waals surface area (Å²) in [6.07, 6.45) is 2.17. The molecule has 0 saturated carbocycles. The predicted molar refractivity (Wildman–Crippen MR) is 94.7 cm³/mol. The first kappa shape index (κ1) is 17.8. The molecule has 3 rings (SSSR count). The molecule has 26 heavy (non-hydrogen) atoms. The van der Waals surface area contributed by atoms with Crippen LogP contribution in [-0.4, -0.2) is 16.1 Å². The van der Waals surface area contributed by atoms with Crippen molar-refractivity contribution in [2.45, 2.75) is 32.2 Å². The molecular formula is C20H20FN3O2. The molecule has 1 heterocycles. The van der Waals surface area contributed by atoms with Crippen molar-refractivity contribution in [2.24, 2.45) is 0 Å². The van der Waals surface area contributed by atoms with Gasteiger partial charge in [0.25, 0.3) is 0 Å². The molecule has 2 aromatic carbocycles. The van der Waals surface area contributed by atoms with Gasteiger partial charge < -0.3 is 9.73 Å². The van der Waals surface area contributed by atoms with Crippen LogP contribution in [0.3, 0.4) is 0 Å². The zero-order valence-electron chi connectivity index (χ0n) is 14.3. The zero-order valence-corrected chi connectivity index (χ0v) is 14.3. The highest BCUT2D eigenvalue weighted by Gasteiger charge is 2.09. The van der Waals surface area contributed by atoms with Crippen LogP contribution in [0.2, 0.25) is 0 Å². The molecule has 0 fully saturated rings. The highest BCUT2D eigenvalue weighted by atomic mass is 19.1. The van der Waals surface area contributed by atoms with Crippen molar-refractivity contribution >= 4 is 5.91 Å². The monoisotopic (exact) mass is 353 g/mol. The second-order valence-electron chi connectivity index (χ2n) is 5.98. The highest BCUT2D eigenvalue weighted by Crippen LogP contribution is 2.08. The maximum atomic E-state index is 12.8. The summed E-state index contributed by atoms with van der Waals surface area (Å²) in [4.78, 5) is 11.9. The minimum absolute atomic E-state index is 0.113. The molecular weight excluding hydrogens is 333 g/mol. The summed E-state index contributed by atoms with van der Waals surface area (Å²) in [6, 6.07) is 16.1. The Hall–Kier alpha value is -3.02. The lowest BCUT2D eigenvalue weighted by Crippen LogP contribution is -2.23. The number of aromatic nitrogens is 2. The van der Waals surface area contributed by atoms with Gasteiger partial charge in [0.05, 0.1) is 0 Å². The predicted octanol–water partition coefficient (Wildman–Crippen LogP) is 3.24. The van der Waals surface area contributed by atoms with Crippen molar-refractivity contribution < 1.29 is 13.6 Å². The number of carbonyl (C=O) groups is 1. The van der Waals surface area contributed by atoms with E-state index in [0.29, 0.717) is 31.2 Å². The van der Waals surface area contributed by atoms with Crippen LogP contribution in [0.1, 0.15) is 29.3 Å². The Balaban J connectivity index is 1.39. The summed E-state index contributed by atoms with van der Waals surface area (Å²) in [7, 11) is 0. The first-order valence-corrected chi connectivity index (χ1v) is 8.55. The number of hydrogen-bond acceptors (Lipinski definition) is 4. The number of amides is 1. The molecule has 0 aliphatic heterocycles. The first-order chi connectivity index (χ1) is 12.7. The van der Waals surface area contributed by atoms with Gasteiger partial charge in [-0.2, -0.15) is 0 Å². The van der Waals surface area contributed by atoms with Gasteiger partial charge in [-0.3, -0.25) is 4.79 Å². The van der Waals surface area contributed by atoms with Crippen molar-refractivity contribution in [3.63, 3.8) is 0 Å². The molecule has 3 aromatic rings. The SMILES string of the molecule is O=C(CCc1nnc(CCc2ccccc2)o1)NCc1ccc(F)cc1. The lowest BCUT2D eigenvalue weighted by molar-refractivity contribution is -0.121. The number of nitrogens with zero attached hydrogens (tertiary/aromatic N) is 2. The molecule has 6 heteroatoms. The number of nitrogens with one attached hydrogen (secondary N) is 1. The number of rotatable bonds is 8. The van der Waals surface area contributed by atoms with E-state index in [1.165, 1.54) is 17.7 Å². The van der Waals surface area contributed by atoms with Gasteiger partial charge in [-0.25, -0.2) is 4.39 Å². The maximum Gasteiger partial charge on any atom is 0.220 e. The van der Waals surface area contributed by atoms with E-state index in [4.69, 9.17) is 4.42 Å². The van der Waals surface area contributed by atoms with Gasteiger partial charge in [0.2, 0.25) is 17.7 Å². The van der Waals surface area contributed by atoms with Crippen molar-refractivity contribution in [1.29, 1.82) is 0 Å². The minimum atomic E-state index is -0.292. The number of carbonyl (C=O) groups excluding carboxylic acids is 1. The van der Waals surface area contributed by atoms with Crippen molar-refractivity contribution in [3.05, 3.63) is 83.3 Å². The van der Waals surface area contributed by atoms with Gasteiger partial charge in [0.1, 0.15) is 5.82 Å². The van der Waals surface area contributed by atoms with Crippen LogP contribution in [0.4, 0.5) is 4.39 Å². The topological polar surface area (TPSA) is 68.0 Å². The van der Waals surface area contributed by atoms with Gasteiger partial charge in [-0.1, -0.05) is 42.5 Å². The number of hydrogen-bond donors (Lipinski definition) is 1. The third kappa shape index (κ3) is 5.51. The summed E-state index contributed by atoms with van der Waals surface area (Å²) < 4.78 is 18.4. The fourth-order valence-corrected chi connectivity index (χ4v) is 2.50. The third-order valence-electron chi connectivity index (χ3n) is 3.95. The Morgan fingerprint density at radius 2 is 1.58 bits per heavy atom. The fraction of sp³-hybridized carbons (Fsp3) is 0.250. The molecule has 0 aliphatic carbocycles. The summed E-state index contributed by atoms with van der Waals surface area (Å²) in [5.41, 5.74) is 2.06. The van der Waals surface area contributed by atoms with E-state index in [1.54, 1.807) is 12.1 Å². The van der Waals surface area contributed by atoms with Gasteiger partial charge in [-0.15, -0.1) is 10.2 Å². The fourth-order valence-electron chi connectivity index (χ4n) is 2.50. The Morgan fingerprint density at radius 3 is 2.31 bits per heavy atom. The lowest BCUT2D eigenvalue weighted by atomic mass is 10.1. The van der Waals surface area contributed by atoms with Crippen LogP contribution >= 0.6 is 0 Å². The standard InChI is InChI=1S/C20H20FN3O2/c21-17-9-6-16(7-10-17)14-22-18(25)11-13-20-24-23-19(26-20)12-8-15-4-2-1-3-5-15/h1-7,9-10H,8,11-14H2,(H,22,25). The Kier molecular flexibility index (Phi) is 6.09. The van der Waals surface area contributed by atoms with Crippen molar-refractivity contribution in [2.75, 3.05) is 0 Å². The molecule has 0 aliphatic rings. The molecule has 5 nitrogen and oxygen atoms in total. The van der Waals surface area contributed by atoms with Crippen LogP contribution in [0.15, 0.2) is 59.0 Å². The van der Waals surface area contributed by atoms with Gasteiger partial charge >= 0.3 is 0 Å². The Morgan fingerprint density at radius 1 is 0.885 bits per heavy atom. The van der Waals surface area contributed by atoms with Crippen LogP contribution in [0.5, 0.6) is 0 Å². The quantitative estimate of drug-likeness (QED) is 0.675. The summed E-state index contributed by atoms with van der Waals surface area (Å²) >= 11 is 0. The van der Waals surface area contributed by atoms with Crippen LogP contribution in [-0.2, 0) is 30.6 Å². The molecule has 0 unspecified atom stereocenters. The van der Waals surface area contributed by atoms with Gasteiger partial charge in [0, 0.05) is 25.8 Å². The number of halogens is 1. The van der Waals surface area contributed by atoms with E-state index in [9.17, 15) is 9.18 Å². The van der Waals surface area contributed by atoms with E-state index < -0.39 is 0 Å².